The Balaban J connectivity index is 1.51. The number of carbonyl (C=O) groups excluding carboxylic acids is 2. The van der Waals surface area contributed by atoms with Gasteiger partial charge in [-0.3, -0.25) is 4.79 Å². The lowest BCUT2D eigenvalue weighted by Crippen LogP contribution is -2.45. The molecule has 0 aliphatic carbocycles. The molecule has 1 saturated heterocycles. The number of rotatable bonds is 11. The number of cyclic esters (lactones) is 1. The number of carbonyl (C=O) groups is 2. The summed E-state index contributed by atoms with van der Waals surface area (Å²) in [7, 11) is 0. The Bertz CT molecular complexity index is 1250. The number of ether oxygens (including phenoxy) is 3. The number of aryl methyl sites for hydroxylation is 1. The van der Waals surface area contributed by atoms with Crippen molar-refractivity contribution in [3.05, 3.63) is 53.2 Å². The highest BCUT2D eigenvalue weighted by atomic mass is 32.1. The van der Waals surface area contributed by atoms with E-state index in [9.17, 15) is 9.59 Å². The van der Waals surface area contributed by atoms with E-state index in [4.69, 9.17) is 18.7 Å². The van der Waals surface area contributed by atoms with Crippen molar-refractivity contribution >= 4 is 23.2 Å². The largest absolute Gasteiger partial charge is 0.494 e. The van der Waals surface area contributed by atoms with Crippen LogP contribution in [0.5, 0.6) is 5.75 Å². The zero-order valence-electron chi connectivity index (χ0n) is 23.4. The topological polar surface area (TPSA) is 113 Å². The molecule has 1 aliphatic heterocycles. The van der Waals surface area contributed by atoms with Crippen LogP contribution in [0.4, 0.5) is 0 Å². The zero-order chi connectivity index (χ0) is 28.2. The number of hydrogen-bond donors (Lipinski definition) is 1. The smallest absolute Gasteiger partial charge is 0.338 e. The van der Waals surface area contributed by atoms with E-state index in [1.54, 1.807) is 13.8 Å². The number of hydrogen-bond acceptors (Lipinski definition) is 9. The lowest BCUT2D eigenvalue weighted by atomic mass is 9.85. The van der Waals surface area contributed by atoms with Gasteiger partial charge in [-0.25, -0.2) is 4.79 Å². The molecule has 10 heteroatoms. The van der Waals surface area contributed by atoms with E-state index in [-0.39, 0.29) is 5.91 Å². The van der Waals surface area contributed by atoms with Gasteiger partial charge < -0.3 is 24.1 Å². The summed E-state index contributed by atoms with van der Waals surface area (Å²) in [5, 5.41) is 9.22. The highest BCUT2D eigenvalue weighted by Crippen LogP contribution is 2.35. The SMILES string of the molecule is CCOc1ccc(CCC[C@@H](C(=O)N[C@H](c2noc(-c3cccs3)n2)C(C)(C)C)[C@@H]2OC(C)(C)OC2=O)cc1. The summed E-state index contributed by atoms with van der Waals surface area (Å²) >= 11 is 1.50. The van der Waals surface area contributed by atoms with Gasteiger partial charge >= 0.3 is 5.97 Å². The second kappa shape index (κ2) is 11.9. The summed E-state index contributed by atoms with van der Waals surface area (Å²) in [6.45, 7) is 11.9. The molecule has 0 unspecified atom stereocenters. The van der Waals surface area contributed by atoms with Crippen LogP contribution in [0.25, 0.3) is 10.8 Å². The van der Waals surface area contributed by atoms with Gasteiger partial charge in [0.05, 0.1) is 23.4 Å². The Morgan fingerprint density at radius 1 is 1.21 bits per heavy atom. The molecule has 1 fully saturated rings. The van der Waals surface area contributed by atoms with Crippen molar-refractivity contribution in [2.45, 2.75) is 78.7 Å². The first-order valence-electron chi connectivity index (χ1n) is 13.3. The summed E-state index contributed by atoms with van der Waals surface area (Å²) in [6, 6.07) is 11.2. The third-order valence-corrected chi connectivity index (χ3v) is 7.35. The predicted molar refractivity (Wildman–Crippen MR) is 147 cm³/mol. The molecule has 0 bridgehead atoms. The number of nitrogens with zero attached hydrogens (tertiary/aromatic N) is 2. The first-order chi connectivity index (χ1) is 18.5. The molecule has 2 aromatic heterocycles. The van der Waals surface area contributed by atoms with E-state index in [0.29, 0.717) is 31.2 Å². The minimum absolute atomic E-state index is 0.316. The Morgan fingerprint density at radius 3 is 2.54 bits per heavy atom. The number of aromatic nitrogens is 2. The lowest BCUT2D eigenvalue weighted by molar-refractivity contribution is -0.162. The number of esters is 1. The fourth-order valence-electron chi connectivity index (χ4n) is 4.56. The molecule has 9 nitrogen and oxygen atoms in total. The van der Waals surface area contributed by atoms with Gasteiger partial charge in [0.25, 0.3) is 5.89 Å². The van der Waals surface area contributed by atoms with Crippen LogP contribution in [-0.2, 0) is 25.5 Å². The first kappa shape index (κ1) is 28.8. The summed E-state index contributed by atoms with van der Waals surface area (Å²) in [5.41, 5.74) is 0.684. The molecule has 0 saturated carbocycles. The third kappa shape index (κ3) is 7.24. The van der Waals surface area contributed by atoms with Crippen molar-refractivity contribution in [3.63, 3.8) is 0 Å². The molecule has 1 aliphatic rings. The van der Waals surface area contributed by atoms with Gasteiger partial charge in [-0.1, -0.05) is 44.1 Å². The average Bonchev–Trinajstić information content (AvgIpc) is 3.61. The second-order valence-electron chi connectivity index (χ2n) is 11.2. The predicted octanol–water partition coefficient (Wildman–Crippen LogP) is 5.72. The average molecular weight is 556 g/mol. The summed E-state index contributed by atoms with van der Waals surface area (Å²) in [6.07, 6.45) is 0.829. The Kier molecular flexibility index (Phi) is 8.76. The van der Waals surface area contributed by atoms with Crippen LogP contribution < -0.4 is 10.1 Å². The number of amides is 1. The summed E-state index contributed by atoms with van der Waals surface area (Å²) in [4.78, 5) is 32.0. The molecular formula is C29H37N3O6S. The molecule has 3 heterocycles. The molecule has 210 valence electrons. The monoisotopic (exact) mass is 555 g/mol. The molecular weight excluding hydrogens is 518 g/mol. The van der Waals surface area contributed by atoms with Gasteiger partial charge in [0, 0.05) is 13.8 Å². The van der Waals surface area contributed by atoms with E-state index in [1.165, 1.54) is 11.3 Å². The maximum absolute atomic E-state index is 13.8. The molecule has 1 amide bonds. The lowest BCUT2D eigenvalue weighted by Gasteiger charge is -2.31. The molecule has 39 heavy (non-hydrogen) atoms. The minimum Gasteiger partial charge on any atom is -0.494 e. The van der Waals surface area contributed by atoms with Gasteiger partial charge in [0.2, 0.25) is 11.7 Å². The molecule has 3 aromatic rings. The van der Waals surface area contributed by atoms with Crippen molar-refractivity contribution in [1.29, 1.82) is 0 Å². The minimum atomic E-state index is -1.10. The number of thiophene rings is 1. The second-order valence-corrected chi connectivity index (χ2v) is 12.1. The van der Waals surface area contributed by atoms with Gasteiger partial charge in [0.1, 0.15) is 5.75 Å². The van der Waals surface area contributed by atoms with Crippen LogP contribution in [0.1, 0.15) is 71.8 Å². The molecule has 1 N–H and O–H groups in total. The van der Waals surface area contributed by atoms with E-state index in [2.05, 4.69) is 15.5 Å². The summed E-state index contributed by atoms with van der Waals surface area (Å²) in [5.74, 6) is -1.10. The van der Waals surface area contributed by atoms with E-state index < -0.39 is 35.2 Å². The zero-order valence-corrected chi connectivity index (χ0v) is 24.2. The number of nitrogens with one attached hydrogen (secondary N) is 1. The van der Waals surface area contributed by atoms with E-state index in [0.717, 1.165) is 22.6 Å². The maximum atomic E-state index is 13.8. The van der Waals surface area contributed by atoms with E-state index >= 15 is 0 Å². The van der Waals surface area contributed by atoms with Crippen molar-refractivity contribution in [1.82, 2.24) is 15.5 Å². The standard InChI is InChI=1S/C29H37N3O6S/c1-7-35-19-15-13-18(14-16-19)10-8-11-20(22-27(34)37-29(5,6)36-22)25(33)30-23(28(2,3)4)24-31-26(38-32-24)21-12-9-17-39-21/h9,12-17,20,22-23H,7-8,10-11H2,1-6H3,(H,30,33)/t20-,22+,23-/m1/s1. The number of benzene rings is 1. The molecule has 4 rings (SSSR count). The van der Waals surface area contributed by atoms with Crippen molar-refractivity contribution < 1.29 is 28.3 Å². The van der Waals surface area contributed by atoms with Crippen LogP contribution in [0.15, 0.2) is 46.3 Å². The van der Waals surface area contributed by atoms with Gasteiger partial charge in [-0.15, -0.1) is 11.3 Å². The molecule has 0 radical (unpaired) electrons. The van der Waals surface area contributed by atoms with Gasteiger partial charge in [-0.2, -0.15) is 4.98 Å². The maximum Gasteiger partial charge on any atom is 0.338 e. The first-order valence-corrected chi connectivity index (χ1v) is 14.1. The fraction of sp³-hybridized carbons (Fsp3) is 0.517. The summed E-state index contributed by atoms with van der Waals surface area (Å²) < 4.78 is 22.3. The normalized spacial score (nSPS) is 18.4. The van der Waals surface area contributed by atoms with E-state index in [1.807, 2.05) is 69.5 Å². The molecule has 1 aromatic carbocycles. The van der Waals surface area contributed by atoms with Crippen molar-refractivity contribution in [2.75, 3.05) is 6.61 Å². The Morgan fingerprint density at radius 2 is 1.95 bits per heavy atom. The quantitative estimate of drug-likeness (QED) is 0.299. The third-order valence-electron chi connectivity index (χ3n) is 6.49. The van der Waals surface area contributed by atoms with Crippen LogP contribution in [-0.4, -0.2) is 40.5 Å². The van der Waals surface area contributed by atoms with Crippen LogP contribution in [0.2, 0.25) is 0 Å². The Labute approximate surface area is 233 Å². The Hall–Kier alpha value is -3.24. The molecule has 0 spiro atoms. The van der Waals surface area contributed by atoms with Gasteiger partial charge in [0.15, 0.2) is 11.9 Å². The highest BCUT2D eigenvalue weighted by Gasteiger charge is 2.48. The fourth-order valence-corrected chi connectivity index (χ4v) is 5.20. The van der Waals surface area contributed by atoms with Gasteiger partial charge in [-0.05, 0) is 60.7 Å². The van der Waals surface area contributed by atoms with Crippen LogP contribution in [0.3, 0.4) is 0 Å². The highest BCUT2D eigenvalue weighted by molar-refractivity contribution is 7.13. The van der Waals surface area contributed by atoms with Crippen LogP contribution >= 0.6 is 11.3 Å². The van der Waals surface area contributed by atoms with Crippen LogP contribution in [0, 0.1) is 11.3 Å². The molecule has 3 atom stereocenters. The van der Waals surface area contributed by atoms with Crippen molar-refractivity contribution in [3.8, 4) is 16.5 Å². The van der Waals surface area contributed by atoms with Crippen molar-refractivity contribution in [2.24, 2.45) is 11.3 Å².